The van der Waals surface area contributed by atoms with Crippen molar-refractivity contribution in [1.82, 2.24) is 0 Å². The van der Waals surface area contributed by atoms with Crippen molar-refractivity contribution in [2.45, 2.75) is 20.3 Å². The first-order valence-corrected chi connectivity index (χ1v) is 6.49. The highest BCUT2D eigenvalue weighted by atomic mass is 16.5. The number of carbonyl (C=O) groups excluding carboxylic acids is 1. The molecule has 2 aromatic carbocycles. The molecule has 3 heteroatoms. The molecule has 0 spiro atoms. The zero-order chi connectivity index (χ0) is 14.5. The average Bonchev–Trinajstić information content (AvgIpc) is 2.42. The van der Waals surface area contributed by atoms with Crippen molar-refractivity contribution in [3.63, 3.8) is 0 Å². The summed E-state index contributed by atoms with van der Waals surface area (Å²) in [6, 6.07) is 13.2. The second-order valence-corrected chi connectivity index (χ2v) is 4.77. The zero-order valence-electron chi connectivity index (χ0n) is 12.0. The first kappa shape index (κ1) is 14.1. The second-order valence-electron chi connectivity index (χ2n) is 4.77. The van der Waals surface area contributed by atoms with Crippen LogP contribution < -0.4 is 9.47 Å². The number of ether oxygens (including phenoxy) is 2. The molecule has 0 saturated heterocycles. The van der Waals surface area contributed by atoms with Crippen LogP contribution in [0.1, 0.15) is 16.7 Å². The molecule has 0 bridgehead atoms. The number of aryl methyl sites for hydroxylation is 2. The summed E-state index contributed by atoms with van der Waals surface area (Å²) >= 11 is 0. The van der Waals surface area contributed by atoms with Crippen molar-refractivity contribution in [1.29, 1.82) is 0 Å². The van der Waals surface area contributed by atoms with Crippen molar-refractivity contribution in [2.75, 3.05) is 7.11 Å². The molecule has 0 heterocycles. The predicted octanol–water partition coefficient (Wildman–Crippen LogP) is 3.46. The fourth-order valence-electron chi connectivity index (χ4n) is 2.02. The first-order valence-electron chi connectivity index (χ1n) is 6.49. The molecule has 0 amide bonds. The van der Waals surface area contributed by atoms with E-state index in [9.17, 15) is 4.79 Å². The van der Waals surface area contributed by atoms with Gasteiger partial charge in [0, 0.05) is 0 Å². The van der Waals surface area contributed by atoms with Crippen LogP contribution in [0, 0.1) is 13.8 Å². The van der Waals surface area contributed by atoms with E-state index in [0.717, 1.165) is 22.4 Å². The van der Waals surface area contributed by atoms with Gasteiger partial charge in [-0.05, 0) is 43.2 Å². The van der Waals surface area contributed by atoms with E-state index in [1.54, 1.807) is 7.11 Å². The normalized spacial score (nSPS) is 10.2. The lowest BCUT2D eigenvalue weighted by atomic mass is 10.1. The molecule has 0 saturated carbocycles. The van der Waals surface area contributed by atoms with Crippen molar-refractivity contribution in [2.24, 2.45) is 0 Å². The Morgan fingerprint density at radius 1 is 1.10 bits per heavy atom. The molecule has 0 radical (unpaired) electrons. The van der Waals surface area contributed by atoms with E-state index in [1.165, 1.54) is 0 Å². The van der Waals surface area contributed by atoms with Gasteiger partial charge in [0.05, 0.1) is 13.5 Å². The van der Waals surface area contributed by atoms with E-state index in [1.807, 2.05) is 56.3 Å². The molecule has 20 heavy (non-hydrogen) atoms. The molecule has 0 aliphatic heterocycles. The van der Waals surface area contributed by atoms with Gasteiger partial charge in [-0.2, -0.15) is 0 Å². The van der Waals surface area contributed by atoms with E-state index in [0.29, 0.717) is 5.75 Å². The third kappa shape index (κ3) is 3.60. The molecule has 2 rings (SSSR count). The molecular weight excluding hydrogens is 252 g/mol. The summed E-state index contributed by atoms with van der Waals surface area (Å²) < 4.78 is 10.5. The third-order valence-corrected chi connectivity index (χ3v) is 3.04. The molecule has 3 nitrogen and oxygen atoms in total. The highest BCUT2D eigenvalue weighted by Gasteiger charge is 2.09. The van der Waals surface area contributed by atoms with E-state index in [4.69, 9.17) is 9.47 Å². The van der Waals surface area contributed by atoms with Crippen LogP contribution in [0.2, 0.25) is 0 Å². The van der Waals surface area contributed by atoms with Crippen molar-refractivity contribution < 1.29 is 14.3 Å². The summed E-state index contributed by atoms with van der Waals surface area (Å²) in [5.74, 6) is 1.08. The van der Waals surface area contributed by atoms with Crippen LogP contribution in [0.4, 0.5) is 0 Å². The molecule has 104 valence electrons. The van der Waals surface area contributed by atoms with Crippen LogP contribution in [0.3, 0.4) is 0 Å². The largest absolute Gasteiger partial charge is 0.497 e. The lowest BCUT2D eigenvalue weighted by Crippen LogP contribution is -2.12. The number of rotatable bonds is 4. The Hall–Kier alpha value is -2.29. The Labute approximate surface area is 119 Å². The summed E-state index contributed by atoms with van der Waals surface area (Å²) in [6.45, 7) is 3.94. The summed E-state index contributed by atoms with van der Waals surface area (Å²) in [7, 11) is 1.60. The minimum atomic E-state index is -0.273. The fraction of sp³-hybridized carbons (Fsp3) is 0.235. The maximum Gasteiger partial charge on any atom is 0.315 e. The van der Waals surface area contributed by atoms with E-state index >= 15 is 0 Å². The molecule has 2 aromatic rings. The van der Waals surface area contributed by atoms with E-state index < -0.39 is 0 Å². The fourth-order valence-corrected chi connectivity index (χ4v) is 2.02. The van der Waals surface area contributed by atoms with Crippen LogP contribution >= 0.6 is 0 Å². The maximum absolute atomic E-state index is 12.0. The van der Waals surface area contributed by atoms with Gasteiger partial charge >= 0.3 is 5.97 Å². The lowest BCUT2D eigenvalue weighted by Gasteiger charge is -2.08. The molecular formula is C17H18O3. The highest BCUT2D eigenvalue weighted by molar-refractivity contribution is 5.75. The number of methoxy groups -OCH3 is 1. The number of esters is 1. The maximum atomic E-state index is 12.0. The van der Waals surface area contributed by atoms with Gasteiger partial charge in [0.2, 0.25) is 0 Å². The minimum absolute atomic E-state index is 0.227. The van der Waals surface area contributed by atoms with Crippen LogP contribution in [0.5, 0.6) is 11.5 Å². The summed E-state index contributed by atoms with van der Waals surface area (Å²) in [6.07, 6.45) is 0.227. The summed E-state index contributed by atoms with van der Waals surface area (Å²) in [5, 5.41) is 0. The Morgan fingerprint density at radius 2 is 1.90 bits per heavy atom. The SMILES string of the molecule is COc1cccc(CC(=O)Oc2ccc(C)cc2C)c1. The number of hydrogen-bond donors (Lipinski definition) is 0. The van der Waals surface area contributed by atoms with Gasteiger partial charge in [-0.25, -0.2) is 0 Å². The highest BCUT2D eigenvalue weighted by Crippen LogP contribution is 2.20. The zero-order valence-corrected chi connectivity index (χ0v) is 12.0. The number of hydrogen-bond acceptors (Lipinski definition) is 3. The minimum Gasteiger partial charge on any atom is -0.497 e. The summed E-state index contributed by atoms with van der Waals surface area (Å²) in [5.41, 5.74) is 2.98. The van der Waals surface area contributed by atoms with Gasteiger partial charge in [0.1, 0.15) is 11.5 Å². The Kier molecular flexibility index (Phi) is 4.41. The van der Waals surface area contributed by atoms with Gasteiger partial charge in [-0.3, -0.25) is 4.79 Å². The molecule has 0 aliphatic rings. The van der Waals surface area contributed by atoms with Crippen LogP contribution in [-0.4, -0.2) is 13.1 Å². The third-order valence-electron chi connectivity index (χ3n) is 3.04. The van der Waals surface area contributed by atoms with Crippen LogP contribution in [0.25, 0.3) is 0 Å². The van der Waals surface area contributed by atoms with Crippen molar-refractivity contribution in [3.8, 4) is 11.5 Å². The van der Waals surface area contributed by atoms with Crippen LogP contribution in [-0.2, 0) is 11.2 Å². The Morgan fingerprint density at radius 3 is 2.60 bits per heavy atom. The summed E-state index contributed by atoms with van der Waals surface area (Å²) in [4.78, 5) is 12.0. The Bertz CT molecular complexity index is 617. The van der Waals surface area contributed by atoms with Gasteiger partial charge in [0.25, 0.3) is 0 Å². The van der Waals surface area contributed by atoms with Crippen LogP contribution in [0.15, 0.2) is 42.5 Å². The second kappa shape index (κ2) is 6.24. The van der Waals surface area contributed by atoms with E-state index in [2.05, 4.69) is 0 Å². The first-order chi connectivity index (χ1) is 9.58. The van der Waals surface area contributed by atoms with Gasteiger partial charge < -0.3 is 9.47 Å². The van der Waals surface area contributed by atoms with E-state index in [-0.39, 0.29) is 12.4 Å². The number of benzene rings is 2. The molecule has 0 fully saturated rings. The lowest BCUT2D eigenvalue weighted by molar-refractivity contribution is -0.133. The van der Waals surface area contributed by atoms with Gasteiger partial charge in [-0.1, -0.05) is 29.8 Å². The molecule has 0 atom stereocenters. The molecule has 0 aliphatic carbocycles. The number of carbonyl (C=O) groups is 1. The van der Waals surface area contributed by atoms with Gasteiger partial charge in [0.15, 0.2) is 0 Å². The quantitative estimate of drug-likeness (QED) is 0.630. The smallest absolute Gasteiger partial charge is 0.315 e. The topological polar surface area (TPSA) is 35.5 Å². The Balaban J connectivity index is 2.05. The van der Waals surface area contributed by atoms with Crippen molar-refractivity contribution >= 4 is 5.97 Å². The monoisotopic (exact) mass is 270 g/mol. The van der Waals surface area contributed by atoms with Gasteiger partial charge in [-0.15, -0.1) is 0 Å². The van der Waals surface area contributed by atoms with Crippen molar-refractivity contribution in [3.05, 3.63) is 59.2 Å². The average molecular weight is 270 g/mol. The molecule has 0 unspecified atom stereocenters. The molecule has 0 N–H and O–H groups in total. The molecule has 0 aromatic heterocycles. The standard InChI is InChI=1S/C17H18O3/c1-12-7-8-16(13(2)9-12)20-17(18)11-14-5-4-6-15(10-14)19-3/h4-10H,11H2,1-3H3. The predicted molar refractivity (Wildman–Crippen MR) is 78.2 cm³/mol.